The lowest BCUT2D eigenvalue weighted by atomic mass is 10.1. The predicted octanol–water partition coefficient (Wildman–Crippen LogP) is 4.06. The van der Waals surface area contributed by atoms with E-state index in [0.29, 0.717) is 44.1 Å². The Morgan fingerprint density at radius 3 is 2.56 bits per heavy atom. The number of benzene rings is 3. The van der Waals surface area contributed by atoms with Crippen LogP contribution >= 0.6 is 0 Å². The third-order valence-corrected chi connectivity index (χ3v) is 5.46. The van der Waals surface area contributed by atoms with Crippen LogP contribution in [0.5, 0.6) is 5.75 Å². The summed E-state index contributed by atoms with van der Waals surface area (Å²) in [4.78, 5) is 15.9. The molecule has 1 aliphatic heterocycles. The van der Waals surface area contributed by atoms with Gasteiger partial charge in [0.15, 0.2) is 0 Å². The summed E-state index contributed by atoms with van der Waals surface area (Å²) in [6.45, 7) is 2.68. The third kappa shape index (κ3) is 4.89. The Bertz CT molecular complexity index is 1300. The Balaban J connectivity index is 1.45. The molecule has 0 atom stereocenters. The number of hydrogen-bond acceptors (Lipinski definition) is 9. The molecule has 9 heteroatoms. The summed E-state index contributed by atoms with van der Waals surface area (Å²) in [5, 5.41) is 9.91. The quantitative estimate of drug-likeness (QED) is 0.318. The number of morpholine rings is 1. The highest BCUT2D eigenvalue weighted by molar-refractivity contribution is 5.95. The van der Waals surface area contributed by atoms with Crippen molar-refractivity contribution in [2.75, 3.05) is 49.1 Å². The predicted molar refractivity (Wildman–Crippen MR) is 134 cm³/mol. The van der Waals surface area contributed by atoms with Crippen molar-refractivity contribution in [2.45, 2.75) is 0 Å². The fourth-order valence-electron chi connectivity index (χ4n) is 3.76. The minimum Gasteiger partial charge on any atom is -0.496 e. The van der Waals surface area contributed by atoms with Crippen LogP contribution in [-0.4, -0.2) is 54.6 Å². The lowest BCUT2D eigenvalue weighted by Gasteiger charge is -2.27. The molecule has 0 bridgehead atoms. The highest BCUT2D eigenvalue weighted by Gasteiger charge is 2.17. The van der Waals surface area contributed by atoms with Crippen LogP contribution in [0.2, 0.25) is 0 Å². The highest BCUT2D eigenvalue weighted by Crippen LogP contribution is 2.26. The van der Waals surface area contributed by atoms with Gasteiger partial charge in [0.25, 0.3) is 0 Å². The Labute approximate surface area is 197 Å². The zero-order chi connectivity index (χ0) is 23.2. The molecule has 0 aliphatic carbocycles. The summed E-state index contributed by atoms with van der Waals surface area (Å²) in [7, 11) is 1.63. The van der Waals surface area contributed by atoms with Crippen LogP contribution in [0.25, 0.3) is 10.8 Å². The topological polar surface area (TPSA) is 96.8 Å². The first-order chi connectivity index (χ1) is 16.8. The molecule has 2 heterocycles. The second kappa shape index (κ2) is 10.1. The van der Waals surface area contributed by atoms with E-state index in [0.717, 1.165) is 27.8 Å². The molecule has 0 saturated carbocycles. The molecule has 2 N–H and O–H groups in total. The molecule has 0 radical (unpaired) electrons. The van der Waals surface area contributed by atoms with Crippen LogP contribution in [0.15, 0.2) is 71.8 Å². The molecule has 0 unspecified atom stereocenters. The first-order valence-corrected chi connectivity index (χ1v) is 11.1. The normalized spacial score (nSPS) is 13.9. The number of nitrogens with one attached hydrogen (secondary N) is 2. The van der Waals surface area contributed by atoms with Gasteiger partial charge in [-0.3, -0.25) is 0 Å². The zero-order valence-electron chi connectivity index (χ0n) is 18.8. The van der Waals surface area contributed by atoms with Crippen molar-refractivity contribution >= 4 is 40.5 Å². The van der Waals surface area contributed by atoms with Gasteiger partial charge in [0, 0.05) is 29.7 Å². The van der Waals surface area contributed by atoms with Gasteiger partial charge in [-0.1, -0.05) is 48.5 Å². The van der Waals surface area contributed by atoms with Gasteiger partial charge in [0.2, 0.25) is 17.8 Å². The van der Waals surface area contributed by atoms with Crippen molar-refractivity contribution in [3.05, 3.63) is 72.3 Å². The number of methoxy groups -OCH3 is 1. The van der Waals surface area contributed by atoms with Crippen LogP contribution in [0, 0.1) is 0 Å². The maximum absolute atomic E-state index is 5.48. The molecular formula is C25H25N7O2. The Morgan fingerprint density at radius 1 is 0.912 bits per heavy atom. The van der Waals surface area contributed by atoms with E-state index in [1.807, 2.05) is 48.5 Å². The van der Waals surface area contributed by atoms with E-state index in [1.54, 1.807) is 13.3 Å². The summed E-state index contributed by atoms with van der Waals surface area (Å²) in [5.41, 5.74) is 4.70. The Morgan fingerprint density at radius 2 is 1.68 bits per heavy atom. The molecule has 5 rings (SSSR count). The third-order valence-electron chi connectivity index (χ3n) is 5.46. The number of nitrogens with zero attached hydrogens (tertiary/aromatic N) is 5. The van der Waals surface area contributed by atoms with Gasteiger partial charge in [-0.2, -0.15) is 20.1 Å². The van der Waals surface area contributed by atoms with Gasteiger partial charge in [0.1, 0.15) is 5.75 Å². The van der Waals surface area contributed by atoms with E-state index >= 15 is 0 Å². The second-order valence-corrected chi connectivity index (χ2v) is 7.65. The number of aromatic nitrogens is 3. The molecule has 9 nitrogen and oxygen atoms in total. The Kier molecular flexibility index (Phi) is 6.44. The van der Waals surface area contributed by atoms with Crippen molar-refractivity contribution in [1.82, 2.24) is 15.0 Å². The van der Waals surface area contributed by atoms with Crippen LogP contribution in [-0.2, 0) is 4.74 Å². The number of para-hydroxylation sites is 1. The molecule has 1 fully saturated rings. The van der Waals surface area contributed by atoms with Crippen molar-refractivity contribution in [1.29, 1.82) is 0 Å². The molecule has 0 spiro atoms. The maximum atomic E-state index is 5.48. The average Bonchev–Trinajstić information content (AvgIpc) is 2.90. The van der Waals surface area contributed by atoms with Gasteiger partial charge in [0.05, 0.1) is 26.5 Å². The van der Waals surface area contributed by atoms with Crippen molar-refractivity contribution in [3.63, 3.8) is 0 Å². The number of hydrazone groups is 1. The molecule has 1 saturated heterocycles. The standard InChI is InChI=1S/C25H25N7O2/c1-33-22-12-5-3-8-19(22)17-26-31-24-28-23(29-25(30-24)32-13-15-34-16-14-32)27-21-11-6-9-18-7-2-4-10-20(18)21/h2-12,17H,13-16H2,1H3,(H2,27,28,29,30,31). The van der Waals surface area contributed by atoms with Crippen molar-refractivity contribution in [3.8, 4) is 5.75 Å². The fourth-order valence-corrected chi connectivity index (χ4v) is 3.76. The van der Waals surface area contributed by atoms with Gasteiger partial charge in [-0.25, -0.2) is 5.43 Å². The first kappa shape index (κ1) is 21.6. The number of ether oxygens (including phenoxy) is 2. The molecular weight excluding hydrogens is 430 g/mol. The largest absolute Gasteiger partial charge is 0.496 e. The van der Waals surface area contributed by atoms with Crippen LogP contribution in [0.1, 0.15) is 5.56 Å². The summed E-state index contributed by atoms with van der Waals surface area (Å²) in [6, 6.07) is 21.9. The van der Waals surface area contributed by atoms with Crippen molar-refractivity contribution in [2.24, 2.45) is 5.10 Å². The van der Waals surface area contributed by atoms with Gasteiger partial charge >= 0.3 is 0 Å². The lowest BCUT2D eigenvalue weighted by molar-refractivity contribution is 0.122. The lowest BCUT2D eigenvalue weighted by Crippen LogP contribution is -2.37. The molecule has 1 aromatic heterocycles. The van der Waals surface area contributed by atoms with E-state index in [2.05, 4.69) is 53.9 Å². The summed E-state index contributed by atoms with van der Waals surface area (Å²) in [6.07, 6.45) is 1.68. The number of fused-ring (bicyclic) bond motifs is 1. The van der Waals surface area contributed by atoms with Gasteiger partial charge < -0.3 is 19.7 Å². The minimum atomic E-state index is 0.338. The fraction of sp³-hybridized carbons (Fsp3) is 0.200. The second-order valence-electron chi connectivity index (χ2n) is 7.65. The molecule has 1 aliphatic rings. The zero-order valence-corrected chi connectivity index (χ0v) is 18.8. The SMILES string of the molecule is COc1ccccc1C=NNc1nc(Nc2cccc3ccccc23)nc(N2CCOCC2)n1. The van der Waals surface area contributed by atoms with E-state index in [1.165, 1.54) is 0 Å². The van der Waals surface area contributed by atoms with Crippen LogP contribution in [0.3, 0.4) is 0 Å². The summed E-state index contributed by atoms with van der Waals surface area (Å²) >= 11 is 0. The van der Waals surface area contributed by atoms with Gasteiger partial charge in [-0.15, -0.1) is 0 Å². The maximum Gasteiger partial charge on any atom is 0.250 e. The van der Waals surface area contributed by atoms with E-state index < -0.39 is 0 Å². The van der Waals surface area contributed by atoms with Gasteiger partial charge in [-0.05, 0) is 23.6 Å². The van der Waals surface area contributed by atoms with Crippen molar-refractivity contribution < 1.29 is 9.47 Å². The van der Waals surface area contributed by atoms with Crippen LogP contribution < -0.4 is 20.4 Å². The first-order valence-electron chi connectivity index (χ1n) is 11.1. The minimum absolute atomic E-state index is 0.338. The monoisotopic (exact) mass is 455 g/mol. The van der Waals surface area contributed by atoms with E-state index in [4.69, 9.17) is 9.47 Å². The Hall–Kier alpha value is -4.24. The number of anilines is 4. The smallest absolute Gasteiger partial charge is 0.250 e. The molecule has 4 aromatic rings. The number of rotatable bonds is 7. The average molecular weight is 456 g/mol. The number of hydrogen-bond donors (Lipinski definition) is 2. The van der Waals surface area contributed by atoms with E-state index in [9.17, 15) is 0 Å². The summed E-state index contributed by atoms with van der Waals surface area (Å²) < 4.78 is 10.9. The highest BCUT2D eigenvalue weighted by atomic mass is 16.5. The molecule has 34 heavy (non-hydrogen) atoms. The molecule has 172 valence electrons. The molecule has 3 aromatic carbocycles. The van der Waals surface area contributed by atoms with E-state index in [-0.39, 0.29) is 0 Å². The summed E-state index contributed by atoms with van der Waals surface area (Å²) in [5.74, 6) is 2.07. The van der Waals surface area contributed by atoms with Crippen LogP contribution in [0.4, 0.5) is 23.5 Å². The molecule has 0 amide bonds.